The minimum absolute atomic E-state index is 0.0936. The van der Waals surface area contributed by atoms with E-state index < -0.39 is 5.25 Å². The Kier molecular flexibility index (Phi) is 7.41. The normalized spacial score (nSPS) is 14.7. The lowest BCUT2D eigenvalue weighted by Gasteiger charge is -2.28. The summed E-state index contributed by atoms with van der Waals surface area (Å²) < 4.78 is 7.54. The highest BCUT2D eigenvalue weighted by atomic mass is 32.2. The van der Waals surface area contributed by atoms with Gasteiger partial charge in [-0.25, -0.2) is 0 Å². The van der Waals surface area contributed by atoms with E-state index in [-0.39, 0.29) is 11.7 Å². The van der Waals surface area contributed by atoms with E-state index in [1.807, 2.05) is 25.1 Å². The fourth-order valence-electron chi connectivity index (χ4n) is 3.61. The van der Waals surface area contributed by atoms with Gasteiger partial charge in [-0.15, -0.1) is 10.2 Å². The number of morpholine rings is 1. The average molecular weight is 466 g/mol. The molecule has 2 aromatic carbocycles. The lowest BCUT2D eigenvalue weighted by molar-refractivity contribution is -0.115. The minimum atomic E-state index is -0.443. The fraction of sp³-hybridized carbons (Fsp3) is 0.333. The van der Waals surface area contributed by atoms with Crippen LogP contribution in [0.4, 0.5) is 11.6 Å². The molecule has 1 aromatic heterocycles. The second kappa shape index (κ2) is 10.6. The van der Waals surface area contributed by atoms with E-state index in [1.54, 1.807) is 24.3 Å². The summed E-state index contributed by atoms with van der Waals surface area (Å²) in [4.78, 5) is 27.0. The summed E-state index contributed by atoms with van der Waals surface area (Å²) in [5, 5.41) is 12.0. The number of hydrogen-bond donors (Lipinski definition) is 1. The number of anilines is 2. The van der Waals surface area contributed by atoms with Crippen LogP contribution in [0.15, 0.2) is 59.8 Å². The number of thioether (sulfide) groups is 1. The predicted octanol–water partition coefficient (Wildman–Crippen LogP) is 3.48. The molecule has 2 heterocycles. The van der Waals surface area contributed by atoms with Gasteiger partial charge in [-0.2, -0.15) is 0 Å². The lowest BCUT2D eigenvalue weighted by atomic mass is 10.1. The van der Waals surface area contributed by atoms with Gasteiger partial charge in [-0.05, 0) is 31.5 Å². The number of rotatable bonds is 8. The third-order valence-corrected chi connectivity index (χ3v) is 6.47. The first-order chi connectivity index (χ1) is 16.0. The summed E-state index contributed by atoms with van der Waals surface area (Å²) in [6.45, 7) is 6.70. The number of nitrogens with zero attached hydrogens (tertiary/aromatic N) is 4. The SMILES string of the molecule is CC(=O)c1ccccc1NC(=O)C(C)Sc1nnc(N2CCOCC2)n1Cc1ccccc1. The van der Waals surface area contributed by atoms with Gasteiger partial charge in [0.25, 0.3) is 0 Å². The molecule has 1 saturated heterocycles. The topological polar surface area (TPSA) is 89.3 Å². The van der Waals surface area contributed by atoms with Crippen LogP contribution in [0, 0.1) is 0 Å². The Morgan fingerprint density at radius 2 is 1.76 bits per heavy atom. The highest BCUT2D eigenvalue weighted by Crippen LogP contribution is 2.28. The molecule has 0 radical (unpaired) electrons. The zero-order valence-corrected chi connectivity index (χ0v) is 19.5. The van der Waals surface area contributed by atoms with Gasteiger partial charge >= 0.3 is 0 Å². The zero-order valence-electron chi connectivity index (χ0n) is 18.7. The summed E-state index contributed by atoms with van der Waals surface area (Å²) in [5.41, 5.74) is 2.13. The molecular weight excluding hydrogens is 438 g/mol. The van der Waals surface area contributed by atoms with Crippen LogP contribution >= 0.6 is 11.8 Å². The molecule has 1 atom stereocenters. The Balaban J connectivity index is 1.54. The molecule has 33 heavy (non-hydrogen) atoms. The number of para-hydroxylation sites is 1. The van der Waals surface area contributed by atoms with Gasteiger partial charge in [0.05, 0.1) is 30.7 Å². The number of Topliss-reactive ketones (excluding diaryl/α,β-unsaturated/α-hetero) is 1. The molecule has 3 aromatic rings. The predicted molar refractivity (Wildman–Crippen MR) is 129 cm³/mol. The van der Waals surface area contributed by atoms with Crippen molar-refractivity contribution in [1.82, 2.24) is 14.8 Å². The van der Waals surface area contributed by atoms with E-state index in [0.29, 0.717) is 36.2 Å². The van der Waals surface area contributed by atoms with Crippen LogP contribution in [0.5, 0.6) is 0 Å². The third kappa shape index (κ3) is 5.61. The monoisotopic (exact) mass is 465 g/mol. The van der Waals surface area contributed by atoms with Gasteiger partial charge in [0.2, 0.25) is 11.9 Å². The maximum atomic E-state index is 12.9. The molecule has 172 valence electrons. The molecule has 8 nitrogen and oxygen atoms in total. The summed E-state index contributed by atoms with van der Waals surface area (Å²) in [5.74, 6) is 0.485. The van der Waals surface area contributed by atoms with Crippen molar-refractivity contribution in [3.05, 3.63) is 65.7 Å². The molecule has 1 amide bonds. The number of hydrogen-bond acceptors (Lipinski definition) is 7. The van der Waals surface area contributed by atoms with Gasteiger partial charge in [-0.3, -0.25) is 14.2 Å². The number of ketones is 1. The minimum Gasteiger partial charge on any atom is -0.378 e. The first-order valence-corrected chi connectivity index (χ1v) is 11.8. The summed E-state index contributed by atoms with van der Waals surface area (Å²) >= 11 is 1.35. The summed E-state index contributed by atoms with van der Waals surface area (Å²) in [6, 6.07) is 17.1. The first-order valence-electron chi connectivity index (χ1n) is 10.9. The largest absolute Gasteiger partial charge is 0.378 e. The van der Waals surface area contributed by atoms with Crippen molar-refractivity contribution in [2.45, 2.75) is 30.8 Å². The molecular formula is C24H27N5O3S. The maximum Gasteiger partial charge on any atom is 0.237 e. The van der Waals surface area contributed by atoms with E-state index in [2.05, 4.69) is 37.1 Å². The molecule has 0 saturated carbocycles. The quantitative estimate of drug-likeness (QED) is 0.402. The van der Waals surface area contributed by atoms with E-state index >= 15 is 0 Å². The van der Waals surface area contributed by atoms with Crippen molar-refractivity contribution in [3.8, 4) is 0 Å². The van der Waals surface area contributed by atoms with Crippen LogP contribution in [-0.4, -0.2) is 58.0 Å². The van der Waals surface area contributed by atoms with Crippen LogP contribution < -0.4 is 10.2 Å². The number of amides is 1. The zero-order chi connectivity index (χ0) is 23.2. The van der Waals surface area contributed by atoms with Crippen molar-refractivity contribution < 1.29 is 14.3 Å². The molecule has 9 heteroatoms. The summed E-state index contributed by atoms with van der Waals surface area (Å²) in [7, 11) is 0. The van der Waals surface area contributed by atoms with Gasteiger partial charge in [0.1, 0.15) is 0 Å². The fourth-order valence-corrected chi connectivity index (χ4v) is 4.46. The second-order valence-electron chi connectivity index (χ2n) is 7.80. The van der Waals surface area contributed by atoms with Gasteiger partial charge in [0, 0.05) is 18.7 Å². The van der Waals surface area contributed by atoms with Crippen LogP contribution in [0.2, 0.25) is 0 Å². The molecule has 1 N–H and O–H groups in total. The molecule has 0 spiro atoms. The Morgan fingerprint density at radius 3 is 2.48 bits per heavy atom. The van der Waals surface area contributed by atoms with E-state index in [0.717, 1.165) is 24.6 Å². The van der Waals surface area contributed by atoms with Gasteiger partial charge < -0.3 is 15.0 Å². The number of nitrogens with one attached hydrogen (secondary N) is 1. The van der Waals surface area contributed by atoms with E-state index in [1.165, 1.54) is 18.7 Å². The number of carbonyl (C=O) groups excluding carboxylic acids is 2. The lowest BCUT2D eigenvalue weighted by Crippen LogP contribution is -2.38. The highest BCUT2D eigenvalue weighted by molar-refractivity contribution is 8.00. The highest BCUT2D eigenvalue weighted by Gasteiger charge is 2.24. The molecule has 1 fully saturated rings. The van der Waals surface area contributed by atoms with Crippen molar-refractivity contribution in [1.29, 1.82) is 0 Å². The molecule has 4 rings (SSSR count). The second-order valence-corrected chi connectivity index (χ2v) is 9.11. The number of carbonyl (C=O) groups is 2. The van der Waals surface area contributed by atoms with E-state index in [4.69, 9.17) is 4.74 Å². The Bertz CT molecular complexity index is 1110. The Labute approximate surface area is 197 Å². The molecule has 1 aliphatic rings. The van der Waals surface area contributed by atoms with E-state index in [9.17, 15) is 9.59 Å². The first kappa shape index (κ1) is 23.0. The van der Waals surface area contributed by atoms with Gasteiger partial charge in [-0.1, -0.05) is 54.2 Å². The van der Waals surface area contributed by atoms with Crippen LogP contribution in [0.25, 0.3) is 0 Å². The smallest absolute Gasteiger partial charge is 0.237 e. The molecule has 1 aliphatic heterocycles. The van der Waals surface area contributed by atoms with Crippen LogP contribution in [-0.2, 0) is 16.1 Å². The Hall–Kier alpha value is -3.17. The van der Waals surface area contributed by atoms with Crippen molar-refractivity contribution >= 4 is 35.1 Å². The third-order valence-electron chi connectivity index (χ3n) is 5.39. The van der Waals surface area contributed by atoms with Crippen molar-refractivity contribution in [2.24, 2.45) is 0 Å². The average Bonchev–Trinajstić information content (AvgIpc) is 3.22. The standard InChI is InChI=1S/C24H27N5O3S/c1-17(30)20-10-6-7-11-21(20)25-22(31)18(2)33-24-27-26-23(28-12-14-32-15-13-28)29(24)16-19-8-4-3-5-9-19/h3-11,18H,12-16H2,1-2H3,(H,25,31). The number of benzene rings is 2. The van der Waals surface area contributed by atoms with Crippen LogP contribution in [0.3, 0.4) is 0 Å². The molecule has 0 bridgehead atoms. The van der Waals surface area contributed by atoms with Crippen molar-refractivity contribution in [3.63, 3.8) is 0 Å². The van der Waals surface area contributed by atoms with Crippen LogP contribution in [0.1, 0.15) is 29.8 Å². The Morgan fingerprint density at radius 1 is 1.06 bits per heavy atom. The molecule has 1 unspecified atom stereocenters. The van der Waals surface area contributed by atoms with Gasteiger partial charge in [0.15, 0.2) is 10.9 Å². The number of aromatic nitrogens is 3. The van der Waals surface area contributed by atoms with Crippen molar-refractivity contribution in [2.75, 3.05) is 36.5 Å². The molecule has 0 aliphatic carbocycles. The number of ether oxygens (including phenoxy) is 1. The summed E-state index contributed by atoms with van der Waals surface area (Å²) in [6.07, 6.45) is 0. The maximum absolute atomic E-state index is 12.9.